The van der Waals surface area contributed by atoms with Gasteiger partial charge in [0.05, 0.1) is 6.61 Å². The van der Waals surface area contributed by atoms with Crippen LogP contribution in [0.15, 0.2) is 42.5 Å². The molecule has 6 nitrogen and oxygen atoms in total. The highest BCUT2D eigenvalue weighted by molar-refractivity contribution is 5.94. The third kappa shape index (κ3) is 4.84. The van der Waals surface area contributed by atoms with E-state index in [2.05, 4.69) is 22.8 Å². The molecular weight excluding hydrogens is 390 g/mol. The quantitative estimate of drug-likeness (QED) is 0.733. The summed E-state index contributed by atoms with van der Waals surface area (Å²) in [4.78, 5) is 26.0. The standard InChI is InChI=1S/C25H29N3O3/c29-24-10-5-20-15-22(8-9-23(20)27-24)31-16-17-11-13-28(14-12-17)25(30)26-21-6-3-19(4-7-21)18-1-2-18/h3-4,6-9,15,17-18H,1-2,5,10-14,16H2,(H,26,30)(H,27,29). The normalized spacial score (nSPS) is 18.8. The Kier molecular flexibility index (Phi) is 5.53. The third-order valence-electron chi connectivity index (χ3n) is 6.57. The molecule has 2 fully saturated rings. The molecule has 3 amide bonds. The highest BCUT2D eigenvalue weighted by atomic mass is 16.5. The van der Waals surface area contributed by atoms with Crippen molar-refractivity contribution in [1.82, 2.24) is 4.90 Å². The fraction of sp³-hybridized carbons (Fsp3) is 0.440. The zero-order valence-corrected chi connectivity index (χ0v) is 17.7. The summed E-state index contributed by atoms with van der Waals surface area (Å²) < 4.78 is 6.03. The van der Waals surface area contributed by atoms with Gasteiger partial charge in [-0.05, 0) is 85.4 Å². The van der Waals surface area contributed by atoms with Crippen LogP contribution < -0.4 is 15.4 Å². The van der Waals surface area contributed by atoms with Crippen molar-refractivity contribution in [2.75, 3.05) is 30.3 Å². The summed E-state index contributed by atoms with van der Waals surface area (Å²) in [6.45, 7) is 2.15. The molecule has 2 aromatic rings. The maximum atomic E-state index is 12.6. The summed E-state index contributed by atoms with van der Waals surface area (Å²) in [5.74, 6) is 2.10. The van der Waals surface area contributed by atoms with Crippen molar-refractivity contribution >= 4 is 23.3 Å². The van der Waals surface area contributed by atoms with Crippen LogP contribution in [0.3, 0.4) is 0 Å². The minimum Gasteiger partial charge on any atom is -0.493 e. The Bertz CT molecular complexity index is 960. The van der Waals surface area contributed by atoms with Crippen LogP contribution in [-0.2, 0) is 11.2 Å². The summed E-state index contributed by atoms with van der Waals surface area (Å²) >= 11 is 0. The largest absolute Gasteiger partial charge is 0.493 e. The lowest BCUT2D eigenvalue weighted by atomic mass is 9.98. The molecule has 162 valence electrons. The summed E-state index contributed by atoms with van der Waals surface area (Å²) in [5.41, 5.74) is 4.27. The smallest absolute Gasteiger partial charge is 0.321 e. The first-order valence-electron chi connectivity index (χ1n) is 11.4. The predicted molar refractivity (Wildman–Crippen MR) is 121 cm³/mol. The summed E-state index contributed by atoms with van der Waals surface area (Å²) in [6, 6.07) is 14.1. The maximum absolute atomic E-state index is 12.6. The van der Waals surface area contributed by atoms with Gasteiger partial charge in [-0.2, -0.15) is 0 Å². The lowest BCUT2D eigenvalue weighted by Crippen LogP contribution is -2.42. The molecule has 1 saturated carbocycles. The third-order valence-corrected chi connectivity index (χ3v) is 6.57. The van der Waals surface area contributed by atoms with Gasteiger partial charge in [0.2, 0.25) is 5.91 Å². The van der Waals surface area contributed by atoms with E-state index in [9.17, 15) is 9.59 Å². The molecule has 0 unspecified atom stereocenters. The molecule has 0 spiro atoms. The number of hydrogen-bond donors (Lipinski definition) is 2. The van der Waals surface area contributed by atoms with Crippen LogP contribution in [0, 0.1) is 5.92 Å². The van der Waals surface area contributed by atoms with E-state index < -0.39 is 0 Å². The number of hydrogen-bond acceptors (Lipinski definition) is 3. The number of nitrogens with one attached hydrogen (secondary N) is 2. The molecule has 0 aromatic heterocycles. The second kappa shape index (κ2) is 8.61. The number of anilines is 2. The van der Waals surface area contributed by atoms with Crippen LogP contribution in [0.4, 0.5) is 16.2 Å². The molecule has 2 N–H and O–H groups in total. The molecule has 2 aromatic carbocycles. The van der Waals surface area contributed by atoms with E-state index in [1.54, 1.807) is 0 Å². The number of benzene rings is 2. The Morgan fingerprint density at radius 3 is 2.55 bits per heavy atom. The lowest BCUT2D eigenvalue weighted by molar-refractivity contribution is -0.116. The van der Waals surface area contributed by atoms with Gasteiger partial charge in [-0.3, -0.25) is 4.79 Å². The van der Waals surface area contributed by atoms with Gasteiger partial charge in [0.25, 0.3) is 0 Å². The highest BCUT2D eigenvalue weighted by Crippen LogP contribution is 2.40. The molecule has 31 heavy (non-hydrogen) atoms. The summed E-state index contributed by atoms with van der Waals surface area (Å²) in [5, 5.41) is 5.93. The Labute approximate surface area is 183 Å². The van der Waals surface area contributed by atoms with Gasteiger partial charge < -0.3 is 20.3 Å². The van der Waals surface area contributed by atoms with Crippen molar-refractivity contribution in [2.24, 2.45) is 5.92 Å². The number of fused-ring (bicyclic) bond motifs is 1. The van der Waals surface area contributed by atoms with Crippen molar-refractivity contribution in [3.63, 3.8) is 0 Å². The fourth-order valence-corrected chi connectivity index (χ4v) is 4.42. The second-order valence-corrected chi connectivity index (χ2v) is 8.93. The average molecular weight is 420 g/mol. The molecule has 2 heterocycles. The Morgan fingerprint density at radius 2 is 1.81 bits per heavy atom. The average Bonchev–Trinajstić information content (AvgIpc) is 3.64. The van der Waals surface area contributed by atoms with Crippen molar-refractivity contribution < 1.29 is 14.3 Å². The number of likely N-dealkylation sites (tertiary alicyclic amines) is 1. The first-order valence-corrected chi connectivity index (χ1v) is 11.4. The van der Waals surface area contributed by atoms with E-state index in [1.165, 1.54) is 18.4 Å². The fourth-order valence-electron chi connectivity index (χ4n) is 4.42. The molecule has 1 aliphatic carbocycles. The highest BCUT2D eigenvalue weighted by Gasteiger charge is 2.25. The molecule has 3 aliphatic rings. The van der Waals surface area contributed by atoms with E-state index in [-0.39, 0.29) is 11.9 Å². The van der Waals surface area contributed by atoms with Gasteiger partial charge in [-0.25, -0.2) is 4.79 Å². The molecule has 0 radical (unpaired) electrons. The number of rotatable bonds is 5. The van der Waals surface area contributed by atoms with Gasteiger partial charge in [-0.15, -0.1) is 0 Å². The van der Waals surface area contributed by atoms with Crippen LogP contribution >= 0.6 is 0 Å². The number of carbonyl (C=O) groups is 2. The van der Waals surface area contributed by atoms with Crippen molar-refractivity contribution in [2.45, 2.75) is 44.4 Å². The van der Waals surface area contributed by atoms with Crippen LogP contribution in [-0.4, -0.2) is 36.5 Å². The van der Waals surface area contributed by atoms with Crippen LogP contribution in [0.25, 0.3) is 0 Å². The monoisotopic (exact) mass is 419 g/mol. The topological polar surface area (TPSA) is 70.7 Å². The van der Waals surface area contributed by atoms with E-state index >= 15 is 0 Å². The van der Waals surface area contributed by atoms with Crippen molar-refractivity contribution in [3.05, 3.63) is 53.6 Å². The number of piperidine rings is 1. The van der Waals surface area contributed by atoms with Crippen molar-refractivity contribution in [3.8, 4) is 5.75 Å². The number of nitrogens with zero attached hydrogens (tertiary/aromatic N) is 1. The Balaban J connectivity index is 1.07. The molecule has 6 heteroatoms. The number of ether oxygens (including phenoxy) is 1. The number of amides is 3. The van der Waals surface area contributed by atoms with Gasteiger partial charge in [0, 0.05) is 30.9 Å². The molecular formula is C25H29N3O3. The first kappa shape index (κ1) is 19.9. The Morgan fingerprint density at radius 1 is 1.03 bits per heavy atom. The predicted octanol–water partition coefficient (Wildman–Crippen LogP) is 4.77. The van der Waals surface area contributed by atoms with E-state index in [0.29, 0.717) is 18.9 Å². The zero-order valence-electron chi connectivity index (χ0n) is 17.7. The first-order chi connectivity index (χ1) is 15.1. The molecule has 2 aliphatic heterocycles. The van der Waals surface area contributed by atoms with Crippen LogP contribution in [0.1, 0.15) is 49.1 Å². The minimum absolute atomic E-state index is 0.0183. The van der Waals surface area contributed by atoms with E-state index in [4.69, 9.17) is 4.74 Å². The lowest BCUT2D eigenvalue weighted by Gasteiger charge is -2.32. The van der Waals surface area contributed by atoms with Crippen LogP contribution in [0.5, 0.6) is 5.75 Å². The van der Waals surface area contributed by atoms with E-state index in [0.717, 1.165) is 61.0 Å². The summed E-state index contributed by atoms with van der Waals surface area (Å²) in [7, 11) is 0. The summed E-state index contributed by atoms with van der Waals surface area (Å²) in [6.07, 6.45) is 5.74. The van der Waals surface area contributed by atoms with Gasteiger partial charge in [0.15, 0.2) is 0 Å². The minimum atomic E-state index is -0.0183. The van der Waals surface area contributed by atoms with Crippen molar-refractivity contribution in [1.29, 1.82) is 0 Å². The van der Waals surface area contributed by atoms with Crippen LogP contribution in [0.2, 0.25) is 0 Å². The number of urea groups is 1. The number of carbonyl (C=O) groups excluding carboxylic acids is 2. The zero-order chi connectivity index (χ0) is 21.2. The Hall–Kier alpha value is -3.02. The number of aryl methyl sites for hydroxylation is 1. The molecule has 1 saturated heterocycles. The second-order valence-electron chi connectivity index (χ2n) is 8.93. The van der Waals surface area contributed by atoms with Gasteiger partial charge >= 0.3 is 6.03 Å². The molecule has 0 atom stereocenters. The SMILES string of the molecule is O=C1CCc2cc(OCC3CCN(C(=O)Nc4ccc(C5CC5)cc4)CC3)ccc2N1. The van der Waals surface area contributed by atoms with Gasteiger partial charge in [0.1, 0.15) is 5.75 Å². The van der Waals surface area contributed by atoms with E-state index in [1.807, 2.05) is 35.2 Å². The van der Waals surface area contributed by atoms with Gasteiger partial charge in [-0.1, -0.05) is 12.1 Å². The maximum Gasteiger partial charge on any atom is 0.321 e. The molecule has 5 rings (SSSR count). The molecule has 0 bridgehead atoms.